The minimum absolute atomic E-state index is 0.142. The number of rotatable bonds is 4. The highest BCUT2D eigenvalue weighted by atomic mass is 16.5. The van der Waals surface area contributed by atoms with Crippen LogP contribution in [0.5, 0.6) is 0 Å². The van der Waals surface area contributed by atoms with Gasteiger partial charge in [0.25, 0.3) is 0 Å². The van der Waals surface area contributed by atoms with Crippen LogP contribution in [-0.4, -0.2) is 36.5 Å². The highest BCUT2D eigenvalue weighted by Crippen LogP contribution is 2.36. The van der Waals surface area contributed by atoms with Gasteiger partial charge in [0.15, 0.2) is 0 Å². The molecule has 2 atom stereocenters. The lowest BCUT2D eigenvalue weighted by Crippen LogP contribution is -2.35. The molecule has 1 unspecified atom stereocenters. The normalized spacial score (nSPS) is 23.7. The van der Waals surface area contributed by atoms with Gasteiger partial charge in [-0.15, -0.1) is 0 Å². The van der Waals surface area contributed by atoms with Gasteiger partial charge in [-0.2, -0.15) is 5.10 Å². The number of hydrazone groups is 1. The molecule has 1 aliphatic heterocycles. The van der Waals surface area contributed by atoms with E-state index >= 15 is 0 Å². The number of aliphatic hydroxyl groups is 1. The average molecular weight is 328 g/mol. The summed E-state index contributed by atoms with van der Waals surface area (Å²) in [7, 11) is 1.39. The van der Waals surface area contributed by atoms with E-state index < -0.39 is 0 Å². The molecule has 1 N–H and O–H groups in total. The van der Waals surface area contributed by atoms with Crippen molar-refractivity contribution in [1.29, 1.82) is 0 Å². The van der Waals surface area contributed by atoms with Crippen LogP contribution in [0, 0.1) is 12.8 Å². The zero-order chi connectivity index (χ0) is 17.1. The van der Waals surface area contributed by atoms with Crippen LogP contribution in [0.15, 0.2) is 41.0 Å². The van der Waals surface area contributed by atoms with E-state index in [1.807, 2.05) is 17.1 Å². The number of allylic oxidation sites excluding steroid dienone is 1. The van der Waals surface area contributed by atoms with Gasteiger partial charge in [0.1, 0.15) is 5.71 Å². The summed E-state index contributed by atoms with van der Waals surface area (Å²) >= 11 is 0. The Balaban J connectivity index is 1.85. The molecule has 3 rings (SSSR count). The average Bonchev–Trinajstić information content (AvgIpc) is 3.07. The molecule has 0 radical (unpaired) electrons. The Bertz CT molecular complexity index is 664. The number of aliphatic hydroxyl groups excluding tert-OH is 1. The number of nitrogens with zero attached hydrogens (tertiary/aromatic N) is 2. The smallest absolute Gasteiger partial charge is 0.354 e. The minimum atomic E-state index is -0.350. The number of ether oxygens (including phenoxy) is 1. The van der Waals surface area contributed by atoms with Crippen LogP contribution in [0.3, 0.4) is 0 Å². The summed E-state index contributed by atoms with van der Waals surface area (Å²) in [5, 5.41) is 15.8. The van der Waals surface area contributed by atoms with Gasteiger partial charge in [0.2, 0.25) is 0 Å². The number of hydrogen-bond donors (Lipinski definition) is 1. The minimum Gasteiger partial charge on any atom is -0.464 e. The van der Waals surface area contributed by atoms with E-state index in [2.05, 4.69) is 30.2 Å². The summed E-state index contributed by atoms with van der Waals surface area (Å²) < 4.78 is 4.87. The van der Waals surface area contributed by atoms with E-state index in [-0.39, 0.29) is 18.6 Å². The number of aryl methyl sites for hydroxylation is 1. The van der Waals surface area contributed by atoms with Gasteiger partial charge in [-0.3, -0.25) is 5.01 Å². The molecule has 0 saturated heterocycles. The second-order valence-corrected chi connectivity index (χ2v) is 6.54. The third-order valence-electron chi connectivity index (χ3n) is 4.96. The zero-order valence-electron chi connectivity index (χ0n) is 14.2. The Hall–Kier alpha value is -2.14. The van der Waals surface area contributed by atoms with Crippen LogP contribution in [0.4, 0.5) is 5.69 Å². The molecule has 1 heterocycles. The number of anilines is 1. The first-order valence-electron chi connectivity index (χ1n) is 8.43. The van der Waals surface area contributed by atoms with Crippen LogP contribution >= 0.6 is 0 Å². The van der Waals surface area contributed by atoms with Crippen LogP contribution in [0.2, 0.25) is 0 Å². The first kappa shape index (κ1) is 16.7. The van der Waals surface area contributed by atoms with E-state index in [1.165, 1.54) is 12.7 Å². The Labute approximate surface area is 142 Å². The molecule has 0 saturated carbocycles. The van der Waals surface area contributed by atoms with Gasteiger partial charge in [-0.1, -0.05) is 23.8 Å². The fourth-order valence-corrected chi connectivity index (χ4v) is 3.49. The second-order valence-electron chi connectivity index (χ2n) is 6.54. The fraction of sp³-hybridized carbons (Fsp3) is 0.474. The van der Waals surface area contributed by atoms with Crippen molar-refractivity contribution in [3.05, 3.63) is 41.5 Å². The van der Waals surface area contributed by atoms with Crippen molar-refractivity contribution in [2.24, 2.45) is 11.0 Å². The molecule has 5 nitrogen and oxygen atoms in total. The number of esters is 1. The predicted octanol–water partition coefficient (Wildman–Crippen LogP) is 2.82. The maximum atomic E-state index is 11.9. The van der Waals surface area contributed by atoms with Gasteiger partial charge in [0, 0.05) is 6.42 Å². The Kier molecular flexibility index (Phi) is 5.00. The van der Waals surface area contributed by atoms with E-state index in [9.17, 15) is 9.90 Å². The molecule has 0 aromatic heterocycles. The second kappa shape index (κ2) is 7.18. The molecule has 2 aliphatic rings. The SMILES string of the molecule is COC(=O)C1=NN(c2ccc(C)cc2)[C@H](C2CC=C(CO)CC2)C1. The molecule has 0 bridgehead atoms. The largest absolute Gasteiger partial charge is 0.464 e. The van der Waals surface area contributed by atoms with E-state index in [0.29, 0.717) is 18.1 Å². The van der Waals surface area contributed by atoms with Crippen LogP contribution in [0.25, 0.3) is 0 Å². The topological polar surface area (TPSA) is 62.1 Å². The van der Waals surface area contributed by atoms with E-state index in [1.54, 1.807) is 0 Å². The summed E-state index contributed by atoms with van der Waals surface area (Å²) in [5.41, 5.74) is 3.79. The lowest BCUT2D eigenvalue weighted by molar-refractivity contribution is -0.132. The lowest BCUT2D eigenvalue weighted by Gasteiger charge is -2.32. The molecule has 0 fully saturated rings. The summed E-state index contributed by atoms with van der Waals surface area (Å²) in [6.45, 7) is 2.19. The monoisotopic (exact) mass is 328 g/mol. The molecule has 0 amide bonds. The summed E-state index contributed by atoms with van der Waals surface area (Å²) in [4.78, 5) is 11.9. The third kappa shape index (κ3) is 3.36. The Morgan fingerprint density at radius 2 is 2.12 bits per heavy atom. The van der Waals surface area contributed by atoms with Crippen LogP contribution in [0.1, 0.15) is 31.2 Å². The lowest BCUT2D eigenvalue weighted by atomic mass is 9.82. The number of carbonyl (C=O) groups excluding carboxylic acids is 1. The van der Waals surface area contributed by atoms with Crippen molar-refractivity contribution in [2.45, 2.75) is 38.6 Å². The number of hydrogen-bond acceptors (Lipinski definition) is 5. The Morgan fingerprint density at radius 1 is 1.38 bits per heavy atom. The molecular weight excluding hydrogens is 304 g/mol. The van der Waals surface area contributed by atoms with Gasteiger partial charge in [-0.05, 0) is 49.8 Å². The van der Waals surface area contributed by atoms with Crippen molar-refractivity contribution in [1.82, 2.24) is 0 Å². The molecule has 1 aromatic rings. The summed E-state index contributed by atoms with van der Waals surface area (Å²) in [6.07, 6.45) is 5.56. The molecule has 1 aliphatic carbocycles. The maximum Gasteiger partial charge on any atom is 0.354 e. The van der Waals surface area contributed by atoms with Crippen molar-refractivity contribution in [3.63, 3.8) is 0 Å². The number of carbonyl (C=O) groups is 1. The number of benzene rings is 1. The van der Waals surface area contributed by atoms with Gasteiger partial charge >= 0.3 is 5.97 Å². The third-order valence-corrected chi connectivity index (χ3v) is 4.96. The van der Waals surface area contributed by atoms with Gasteiger partial charge in [-0.25, -0.2) is 4.79 Å². The molecule has 1 aromatic carbocycles. The molecule has 0 spiro atoms. The number of methoxy groups -OCH3 is 1. The predicted molar refractivity (Wildman–Crippen MR) is 94.0 cm³/mol. The molecule has 5 heteroatoms. The molecule has 128 valence electrons. The van der Waals surface area contributed by atoms with Crippen molar-refractivity contribution in [3.8, 4) is 0 Å². The maximum absolute atomic E-state index is 11.9. The summed E-state index contributed by atoms with van der Waals surface area (Å²) in [5.74, 6) is 0.0597. The zero-order valence-corrected chi connectivity index (χ0v) is 14.2. The van der Waals surface area contributed by atoms with Gasteiger partial charge < -0.3 is 9.84 Å². The van der Waals surface area contributed by atoms with Crippen molar-refractivity contribution in [2.75, 3.05) is 18.7 Å². The van der Waals surface area contributed by atoms with Crippen LogP contribution in [-0.2, 0) is 9.53 Å². The molecule has 24 heavy (non-hydrogen) atoms. The quantitative estimate of drug-likeness (QED) is 0.682. The van der Waals surface area contributed by atoms with E-state index in [4.69, 9.17) is 4.74 Å². The van der Waals surface area contributed by atoms with Crippen LogP contribution < -0.4 is 5.01 Å². The van der Waals surface area contributed by atoms with Crippen molar-refractivity contribution < 1.29 is 14.6 Å². The highest BCUT2D eigenvalue weighted by Gasteiger charge is 2.37. The van der Waals surface area contributed by atoms with E-state index in [0.717, 1.165) is 30.5 Å². The van der Waals surface area contributed by atoms with Crippen molar-refractivity contribution >= 4 is 17.4 Å². The Morgan fingerprint density at radius 3 is 2.71 bits per heavy atom. The molecular formula is C19H24N2O3. The first-order valence-corrected chi connectivity index (χ1v) is 8.43. The highest BCUT2D eigenvalue weighted by molar-refractivity contribution is 6.37. The van der Waals surface area contributed by atoms with Gasteiger partial charge in [0.05, 0.1) is 25.4 Å². The fourth-order valence-electron chi connectivity index (χ4n) is 3.49. The first-order chi connectivity index (χ1) is 11.6. The summed E-state index contributed by atoms with van der Waals surface area (Å²) in [6, 6.07) is 8.36. The standard InChI is InChI=1S/C19H24N2O3/c1-13-3-9-16(10-4-13)21-18(11-17(20-21)19(23)24-2)15-7-5-14(12-22)6-8-15/h3-5,9-10,15,18,22H,6-8,11-12H2,1-2H3/t15?,18-/m0/s1.